The largest absolute Gasteiger partial charge is 0.492 e. The summed E-state index contributed by atoms with van der Waals surface area (Å²) in [5, 5.41) is 0.372. The Kier molecular flexibility index (Phi) is 5.00. The molecule has 0 aliphatic heterocycles. The zero-order valence-electron chi connectivity index (χ0n) is 15.1. The van der Waals surface area contributed by atoms with Crippen molar-refractivity contribution in [2.75, 3.05) is 6.61 Å². The average molecular weight is 393 g/mol. The number of para-hydroxylation sites is 2. The van der Waals surface area contributed by atoms with Crippen LogP contribution in [0.4, 0.5) is 0 Å². The van der Waals surface area contributed by atoms with Crippen molar-refractivity contribution < 1.29 is 14.3 Å². The molecule has 28 heavy (non-hydrogen) atoms. The lowest BCUT2D eigenvalue weighted by Crippen LogP contribution is -2.08. The lowest BCUT2D eigenvalue weighted by molar-refractivity contribution is 0.0734. The third-order valence-electron chi connectivity index (χ3n) is 4.20. The molecule has 1 N–H and O–H groups in total. The molecule has 1 heterocycles. The predicted molar refractivity (Wildman–Crippen MR) is 109 cm³/mol. The van der Waals surface area contributed by atoms with E-state index in [1.165, 1.54) is 6.07 Å². The Labute approximate surface area is 166 Å². The van der Waals surface area contributed by atoms with E-state index >= 15 is 0 Å². The number of hydrogen-bond donors (Lipinski definition) is 1. The highest BCUT2D eigenvalue weighted by Crippen LogP contribution is 2.27. The van der Waals surface area contributed by atoms with E-state index in [0.717, 1.165) is 22.4 Å². The fourth-order valence-corrected chi connectivity index (χ4v) is 3.07. The number of nitrogens with one attached hydrogen (secondary N) is 1. The summed E-state index contributed by atoms with van der Waals surface area (Å²) in [5.41, 5.74) is 3.13. The Morgan fingerprint density at radius 2 is 1.86 bits per heavy atom. The first kappa shape index (κ1) is 18.1. The third kappa shape index (κ3) is 3.70. The lowest BCUT2D eigenvalue weighted by atomic mass is 10.2. The molecule has 6 heteroatoms. The van der Waals surface area contributed by atoms with Crippen LogP contribution in [0.5, 0.6) is 11.5 Å². The number of ether oxygens (including phenoxy) is 2. The highest BCUT2D eigenvalue weighted by molar-refractivity contribution is 6.32. The smallest absolute Gasteiger partial charge is 0.343 e. The van der Waals surface area contributed by atoms with E-state index in [-0.39, 0.29) is 0 Å². The van der Waals surface area contributed by atoms with Crippen molar-refractivity contribution in [2.24, 2.45) is 0 Å². The first-order chi connectivity index (χ1) is 13.6. The fourth-order valence-electron chi connectivity index (χ4n) is 2.84. The van der Waals surface area contributed by atoms with Gasteiger partial charge in [0.2, 0.25) is 0 Å². The average Bonchev–Trinajstić information content (AvgIpc) is 3.14. The molecule has 0 aliphatic rings. The monoisotopic (exact) mass is 392 g/mol. The van der Waals surface area contributed by atoms with Crippen molar-refractivity contribution in [2.45, 2.75) is 6.92 Å². The van der Waals surface area contributed by atoms with Gasteiger partial charge in [-0.1, -0.05) is 23.7 Å². The molecule has 5 nitrogen and oxygen atoms in total. The van der Waals surface area contributed by atoms with Gasteiger partial charge in [0.1, 0.15) is 17.3 Å². The van der Waals surface area contributed by atoms with Gasteiger partial charge in [-0.3, -0.25) is 0 Å². The molecule has 0 radical (unpaired) electrons. The van der Waals surface area contributed by atoms with Crippen molar-refractivity contribution in [3.63, 3.8) is 0 Å². The van der Waals surface area contributed by atoms with Crippen LogP contribution >= 0.6 is 11.6 Å². The molecule has 1 aromatic heterocycles. The molecule has 0 atom stereocenters. The number of imidazole rings is 1. The van der Waals surface area contributed by atoms with Gasteiger partial charge >= 0.3 is 5.97 Å². The molecule has 0 saturated heterocycles. The SMILES string of the molecule is CCOc1ccc(C(=O)Oc2ccc(-c3nc4ccccc4[nH]3)cc2)cc1Cl. The first-order valence-electron chi connectivity index (χ1n) is 8.84. The molecule has 0 aliphatic carbocycles. The number of aromatic nitrogens is 2. The maximum absolute atomic E-state index is 12.4. The second-order valence-corrected chi connectivity index (χ2v) is 6.50. The topological polar surface area (TPSA) is 64.2 Å². The second kappa shape index (κ2) is 7.74. The standard InChI is InChI=1S/C22H17ClN2O3/c1-2-27-20-12-9-15(13-17(20)23)22(26)28-16-10-7-14(8-11-16)21-24-18-5-3-4-6-19(18)25-21/h3-13H,2H2,1H3,(H,24,25). The van der Waals surface area contributed by atoms with Gasteiger partial charge in [0.05, 0.1) is 28.2 Å². The van der Waals surface area contributed by atoms with Gasteiger partial charge in [0, 0.05) is 5.56 Å². The zero-order valence-corrected chi connectivity index (χ0v) is 15.9. The number of carbonyl (C=O) groups excluding carboxylic acids is 1. The van der Waals surface area contributed by atoms with E-state index in [1.54, 1.807) is 24.3 Å². The second-order valence-electron chi connectivity index (χ2n) is 6.09. The molecule has 0 bridgehead atoms. The van der Waals surface area contributed by atoms with Crippen LogP contribution in [0.15, 0.2) is 66.7 Å². The number of H-pyrrole nitrogens is 1. The van der Waals surface area contributed by atoms with E-state index in [4.69, 9.17) is 21.1 Å². The molecule has 0 saturated carbocycles. The Morgan fingerprint density at radius 3 is 2.57 bits per heavy atom. The third-order valence-corrected chi connectivity index (χ3v) is 4.49. The van der Waals surface area contributed by atoms with Gasteiger partial charge in [0.15, 0.2) is 0 Å². The summed E-state index contributed by atoms with van der Waals surface area (Å²) in [6.45, 7) is 2.37. The number of rotatable bonds is 5. The van der Waals surface area contributed by atoms with Crippen molar-refractivity contribution in [1.82, 2.24) is 9.97 Å². The molecule has 0 unspecified atom stereocenters. The van der Waals surface area contributed by atoms with Crippen LogP contribution in [-0.4, -0.2) is 22.5 Å². The maximum atomic E-state index is 12.4. The van der Waals surface area contributed by atoms with Gasteiger partial charge in [0.25, 0.3) is 0 Å². The minimum absolute atomic E-state index is 0.356. The molecule has 4 rings (SSSR count). The summed E-state index contributed by atoms with van der Waals surface area (Å²) in [6, 6.07) is 19.8. The minimum Gasteiger partial charge on any atom is -0.492 e. The number of benzene rings is 3. The molecule has 0 fully saturated rings. The molecule has 0 amide bonds. The molecular weight excluding hydrogens is 376 g/mol. The molecule has 0 spiro atoms. The number of carbonyl (C=O) groups is 1. The van der Waals surface area contributed by atoms with E-state index < -0.39 is 5.97 Å². The van der Waals surface area contributed by atoms with Crippen molar-refractivity contribution in [3.8, 4) is 22.9 Å². The van der Waals surface area contributed by atoms with Gasteiger partial charge in [-0.05, 0) is 61.5 Å². The van der Waals surface area contributed by atoms with Crippen LogP contribution in [0, 0.1) is 0 Å². The fraction of sp³-hybridized carbons (Fsp3) is 0.0909. The number of aromatic amines is 1. The molecule has 4 aromatic rings. The van der Waals surface area contributed by atoms with Crippen molar-refractivity contribution in [1.29, 1.82) is 0 Å². The zero-order chi connectivity index (χ0) is 19.5. The Hall–Kier alpha value is -3.31. The Bertz CT molecular complexity index is 1100. The summed E-state index contributed by atoms with van der Waals surface area (Å²) >= 11 is 6.13. The van der Waals surface area contributed by atoms with Gasteiger partial charge in [-0.15, -0.1) is 0 Å². The number of fused-ring (bicyclic) bond motifs is 1. The summed E-state index contributed by atoms with van der Waals surface area (Å²) in [6.07, 6.45) is 0. The molecule has 140 valence electrons. The van der Waals surface area contributed by atoms with Gasteiger partial charge in [-0.2, -0.15) is 0 Å². The van der Waals surface area contributed by atoms with Gasteiger partial charge < -0.3 is 14.5 Å². The lowest BCUT2D eigenvalue weighted by Gasteiger charge is -2.08. The highest BCUT2D eigenvalue weighted by Gasteiger charge is 2.12. The normalized spacial score (nSPS) is 10.8. The number of nitrogens with zero attached hydrogens (tertiary/aromatic N) is 1. The van der Waals surface area contributed by atoms with E-state index in [9.17, 15) is 4.79 Å². The van der Waals surface area contributed by atoms with E-state index in [1.807, 2.05) is 43.3 Å². The van der Waals surface area contributed by atoms with E-state index in [0.29, 0.717) is 28.7 Å². The Balaban J connectivity index is 1.49. The van der Waals surface area contributed by atoms with Crippen LogP contribution in [0.2, 0.25) is 5.02 Å². The van der Waals surface area contributed by atoms with Crippen molar-refractivity contribution in [3.05, 3.63) is 77.3 Å². The molecule has 3 aromatic carbocycles. The molecular formula is C22H17ClN2O3. The van der Waals surface area contributed by atoms with E-state index in [2.05, 4.69) is 9.97 Å². The van der Waals surface area contributed by atoms with Crippen molar-refractivity contribution >= 4 is 28.6 Å². The quantitative estimate of drug-likeness (QED) is 0.359. The number of hydrogen-bond acceptors (Lipinski definition) is 4. The predicted octanol–water partition coefficient (Wildman–Crippen LogP) is 5.50. The van der Waals surface area contributed by atoms with Gasteiger partial charge in [-0.25, -0.2) is 9.78 Å². The maximum Gasteiger partial charge on any atom is 0.343 e. The van der Waals surface area contributed by atoms with Crippen LogP contribution in [-0.2, 0) is 0 Å². The Morgan fingerprint density at radius 1 is 1.07 bits per heavy atom. The number of esters is 1. The minimum atomic E-state index is -0.485. The summed E-state index contributed by atoms with van der Waals surface area (Å²) < 4.78 is 10.8. The number of halogens is 1. The summed E-state index contributed by atoms with van der Waals surface area (Å²) in [4.78, 5) is 20.2. The van der Waals surface area contributed by atoms with Crippen LogP contribution in [0.25, 0.3) is 22.4 Å². The summed E-state index contributed by atoms with van der Waals surface area (Å²) in [5.74, 6) is 1.25. The van der Waals surface area contributed by atoms with Crippen LogP contribution < -0.4 is 9.47 Å². The van der Waals surface area contributed by atoms with Crippen LogP contribution in [0.3, 0.4) is 0 Å². The van der Waals surface area contributed by atoms with Crippen LogP contribution in [0.1, 0.15) is 17.3 Å². The highest BCUT2D eigenvalue weighted by atomic mass is 35.5. The first-order valence-corrected chi connectivity index (χ1v) is 9.21. The summed E-state index contributed by atoms with van der Waals surface area (Å²) in [7, 11) is 0.